The van der Waals surface area contributed by atoms with Gasteiger partial charge in [0.05, 0.1) is 13.2 Å². The molecule has 0 rings (SSSR count). The van der Waals surface area contributed by atoms with Crippen molar-refractivity contribution in [3.63, 3.8) is 0 Å². The predicted octanol–water partition coefficient (Wildman–Crippen LogP) is 5.18. The van der Waals surface area contributed by atoms with Gasteiger partial charge in [-0.1, -0.05) is 63.7 Å². The smallest absolute Gasteiger partial charge is 0.434 e. The molecule has 92 valence electrons. The van der Waals surface area contributed by atoms with Crippen molar-refractivity contribution in [1.29, 1.82) is 0 Å². The number of carbonyl (C=O) groups is 1. The Labute approximate surface area is 128 Å². The van der Waals surface area contributed by atoms with E-state index in [-0.39, 0.29) is 13.2 Å². The van der Waals surface area contributed by atoms with Gasteiger partial charge in [0.1, 0.15) is 0 Å². The van der Waals surface area contributed by atoms with E-state index in [1.165, 1.54) is 0 Å². The minimum absolute atomic E-state index is 0.289. The standard InChI is InChI=1S/C9H10Br4O3/c10-5-7(12)1-3-15-9(14)16-4-2-8(13)6-11/h5-6H,1-4H2/b7-5-,8-6-. The van der Waals surface area contributed by atoms with E-state index in [2.05, 4.69) is 63.7 Å². The van der Waals surface area contributed by atoms with Crippen LogP contribution in [0, 0.1) is 0 Å². The summed E-state index contributed by atoms with van der Waals surface area (Å²) in [6.45, 7) is 0.577. The van der Waals surface area contributed by atoms with Gasteiger partial charge in [0.15, 0.2) is 0 Å². The molecule has 0 aliphatic carbocycles. The minimum Gasteiger partial charge on any atom is -0.434 e. The van der Waals surface area contributed by atoms with Gasteiger partial charge in [-0.2, -0.15) is 0 Å². The Hall–Kier alpha value is 0.670. The number of hydrogen-bond donors (Lipinski definition) is 0. The maximum Gasteiger partial charge on any atom is 0.508 e. The average molecular weight is 486 g/mol. The fraction of sp³-hybridized carbons (Fsp3) is 0.444. The van der Waals surface area contributed by atoms with Crippen molar-refractivity contribution in [1.82, 2.24) is 0 Å². The van der Waals surface area contributed by atoms with Crippen molar-refractivity contribution in [3.8, 4) is 0 Å². The Balaban J connectivity index is 3.53. The monoisotopic (exact) mass is 482 g/mol. The van der Waals surface area contributed by atoms with Crippen molar-refractivity contribution >= 4 is 69.9 Å². The molecule has 0 heterocycles. The van der Waals surface area contributed by atoms with Gasteiger partial charge in [-0.05, 0) is 9.97 Å². The molecule has 0 radical (unpaired) electrons. The highest BCUT2D eigenvalue weighted by Crippen LogP contribution is 2.13. The van der Waals surface area contributed by atoms with Gasteiger partial charge in [-0.3, -0.25) is 0 Å². The largest absolute Gasteiger partial charge is 0.508 e. The molecule has 0 aliphatic heterocycles. The van der Waals surface area contributed by atoms with Crippen molar-refractivity contribution in [2.75, 3.05) is 13.2 Å². The molecule has 0 aromatic carbocycles. The van der Waals surface area contributed by atoms with Crippen LogP contribution in [0.25, 0.3) is 0 Å². The highest BCUT2D eigenvalue weighted by atomic mass is 79.9. The number of ether oxygens (including phenoxy) is 2. The lowest BCUT2D eigenvalue weighted by Gasteiger charge is -2.05. The van der Waals surface area contributed by atoms with Gasteiger partial charge in [-0.25, -0.2) is 4.79 Å². The van der Waals surface area contributed by atoms with Gasteiger partial charge < -0.3 is 9.47 Å². The topological polar surface area (TPSA) is 35.5 Å². The van der Waals surface area contributed by atoms with Crippen molar-refractivity contribution in [2.24, 2.45) is 0 Å². The van der Waals surface area contributed by atoms with Crippen LogP contribution in [0.5, 0.6) is 0 Å². The third-order valence-electron chi connectivity index (χ3n) is 1.36. The number of halogens is 4. The van der Waals surface area contributed by atoms with Gasteiger partial charge >= 0.3 is 6.16 Å². The van der Waals surface area contributed by atoms with E-state index in [9.17, 15) is 4.79 Å². The molecule has 0 aliphatic rings. The van der Waals surface area contributed by atoms with Crippen LogP contribution in [0.1, 0.15) is 12.8 Å². The SMILES string of the molecule is O=C(OCC/C(Br)=C/Br)OCC/C(Br)=C/Br. The van der Waals surface area contributed by atoms with Gasteiger partial charge in [0.2, 0.25) is 0 Å². The quantitative estimate of drug-likeness (QED) is 0.486. The molecule has 0 unspecified atom stereocenters. The number of hydrogen-bond acceptors (Lipinski definition) is 3. The lowest BCUT2D eigenvalue weighted by Crippen LogP contribution is -2.09. The minimum atomic E-state index is -0.648. The second-order valence-electron chi connectivity index (χ2n) is 2.56. The van der Waals surface area contributed by atoms with E-state index in [4.69, 9.17) is 9.47 Å². The summed E-state index contributed by atoms with van der Waals surface area (Å²) in [6.07, 6.45) is 0.584. The summed E-state index contributed by atoms with van der Waals surface area (Å²) in [7, 11) is 0. The molecular weight excluding hydrogens is 476 g/mol. The normalized spacial score (nSPS) is 12.5. The van der Waals surface area contributed by atoms with Crippen LogP contribution in [0.2, 0.25) is 0 Å². The summed E-state index contributed by atoms with van der Waals surface area (Å²) in [5.74, 6) is 0. The summed E-state index contributed by atoms with van der Waals surface area (Å²) in [5.41, 5.74) is 0. The fourth-order valence-corrected chi connectivity index (χ4v) is 1.40. The maximum atomic E-state index is 11.0. The van der Waals surface area contributed by atoms with Crippen LogP contribution in [0.15, 0.2) is 18.9 Å². The molecule has 0 aromatic heterocycles. The van der Waals surface area contributed by atoms with E-state index in [1.54, 1.807) is 9.97 Å². The third-order valence-corrected chi connectivity index (χ3v) is 4.94. The van der Waals surface area contributed by atoms with Crippen LogP contribution >= 0.6 is 63.7 Å². The molecular formula is C9H10Br4O3. The van der Waals surface area contributed by atoms with Crippen LogP contribution < -0.4 is 0 Å². The van der Waals surface area contributed by atoms with Crippen LogP contribution in [-0.2, 0) is 9.47 Å². The molecule has 0 saturated heterocycles. The number of carbonyl (C=O) groups excluding carboxylic acids is 1. The zero-order chi connectivity index (χ0) is 12.4. The van der Waals surface area contributed by atoms with Crippen molar-refractivity contribution < 1.29 is 14.3 Å². The lowest BCUT2D eigenvalue weighted by molar-refractivity contribution is 0.0576. The first-order valence-electron chi connectivity index (χ1n) is 4.29. The third kappa shape index (κ3) is 9.86. The molecule has 0 bridgehead atoms. The Bertz CT molecular complexity index is 250. The lowest BCUT2D eigenvalue weighted by atomic mass is 10.4. The van der Waals surface area contributed by atoms with E-state index in [0.29, 0.717) is 12.8 Å². The van der Waals surface area contributed by atoms with Crippen LogP contribution in [0.3, 0.4) is 0 Å². The summed E-state index contributed by atoms with van der Waals surface area (Å²) >= 11 is 12.8. The first kappa shape index (κ1) is 16.7. The first-order chi connectivity index (χ1) is 7.60. The van der Waals surface area contributed by atoms with E-state index < -0.39 is 6.16 Å². The zero-order valence-corrected chi connectivity index (χ0v) is 14.6. The Kier molecular flexibility index (Phi) is 11.3. The Morgan fingerprint density at radius 2 is 1.31 bits per heavy atom. The molecule has 0 fully saturated rings. The predicted molar refractivity (Wildman–Crippen MR) is 78.4 cm³/mol. The molecule has 16 heavy (non-hydrogen) atoms. The molecule has 7 heteroatoms. The van der Waals surface area contributed by atoms with Crippen molar-refractivity contribution in [2.45, 2.75) is 12.8 Å². The van der Waals surface area contributed by atoms with Crippen molar-refractivity contribution in [3.05, 3.63) is 18.9 Å². The first-order valence-corrected chi connectivity index (χ1v) is 7.71. The van der Waals surface area contributed by atoms with Crippen LogP contribution in [0.4, 0.5) is 4.79 Å². The van der Waals surface area contributed by atoms with E-state index >= 15 is 0 Å². The van der Waals surface area contributed by atoms with Crippen LogP contribution in [-0.4, -0.2) is 19.4 Å². The molecule has 0 atom stereocenters. The molecule has 0 aromatic rings. The zero-order valence-electron chi connectivity index (χ0n) is 8.22. The molecule has 0 amide bonds. The highest BCUT2D eigenvalue weighted by molar-refractivity contribution is 9.14. The Morgan fingerprint density at radius 1 is 0.938 bits per heavy atom. The second-order valence-corrected chi connectivity index (χ2v) is 5.51. The highest BCUT2D eigenvalue weighted by Gasteiger charge is 2.04. The summed E-state index contributed by atoms with van der Waals surface area (Å²) < 4.78 is 11.5. The Morgan fingerprint density at radius 3 is 1.62 bits per heavy atom. The van der Waals surface area contributed by atoms with E-state index in [0.717, 1.165) is 8.96 Å². The number of rotatable bonds is 6. The summed E-state index contributed by atoms with van der Waals surface area (Å²) in [4.78, 5) is 14.5. The molecule has 0 saturated carbocycles. The van der Waals surface area contributed by atoms with Gasteiger partial charge in [0, 0.05) is 21.8 Å². The molecule has 0 N–H and O–H groups in total. The molecule has 3 nitrogen and oxygen atoms in total. The maximum absolute atomic E-state index is 11.0. The average Bonchev–Trinajstić information content (AvgIpc) is 2.28. The van der Waals surface area contributed by atoms with Gasteiger partial charge in [-0.15, -0.1) is 0 Å². The second kappa shape index (κ2) is 10.8. The van der Waals surface area contributed by atoms with E-state index in [1.807, 2.05) is 0 Å². The van der Waals surface area contributed by atoms with Gasteiger partial charge in [0.25, 0.3) is 0 Å². The molecule has 0 spiro atoms. The summed E-state index contributed by atoms with van der Waals surface area (Å²) in [6, 6.07) is 0. The fourth-order valence-electron chi connectivity index (χ4n) is 0.615. The summed E-state index contributed by atoms with van der Waals surface area (Å²) in [5, 5.41) is 0.